The molecule has 3 rings (SSSR count). The summed E-state index contributed by atoms with van der Waals surface area (Å²) in [5.41, 5.74) is 0.166. The number of hydrogen-bond donors (Lipinski definition) is 1. The van der Waals surface area contributed by atoms with E-state index in [0.29, 0.717) is 36.1 Å². The molecule has 2 heterocycles. The van der Waals surface area contributed by atoms with Gasteiger partial charge in [0.2, 0.25) is 0 Å². The summed E-state index contributed by atoms with van der Waals surface area (Å²) in [7, 11) is 2.92. The van der Waals surface area contributed by atoms with Gasteiger partial charge in [0.05, 0.1) is 19.8 Å². The zero-order valence-electron chi connectivity index (χ0n) is 19.2. The molecular formula is C24H30N2O6. The van der Waals surface area contributed by atoms with Gasteiger partial charge in [-0.25, -0.2) is 0 Å². The highest BCUT2D eigenvalue weighted by atomic mass is 16.5. The third kappa shape index (κ3) is 4.23. The third-order valence-electron chi connectivity index (χ3n) is 5.79. The Morgan fingerprint density at radius 3 is 2.22 bits per heavy atom. The minimum Gasteiger partial charge on any atom is -0.506 e. The average Bonchev–Trinajstić information content (AvgIpc) is 3.34. The van der Waals surface area contributed by atoms with Crippen LogP contribution in [-0.4, -0.2) is 67.0 Å². The van der Waals surface area contributed by atoms with E-state index in [9.17, 15) is 14.7 Å². The van der Waals surface area contributed by atoms with Gasteiger partial charge < -0.3 is 28.8 Å². The lowest BCUT2D eigenvalue weighted by molar-refractivity contribution is -0.140. The van der Waals surface area contributed by atoms with Gasteiger partial charge in [0, 0.05) is 13.1 Å². The lowest BCUT2D eigenvalue weighted by Gasteiger charge is -2.27. The molecule has 0 aliphatic carbocycles. The second-order valence-electron chi connectivity index (χ2n) is 7.51. The SMILES string of the molecule is CCN(CC)CCN1C(=O)C(=O)/C(=C(/O)c2c(OC)cccc2OC)C1c1ccc(C)o1. The van der Waals surface area contributed by atoms with Gasteiger partial charge in [0.15, 0.2) is 0 Å². The quantitative estimate of drug-likeness (QED) is 0.362. The van der Waals surface area contributed by atoms with E-state index in [4.69, 9.17) is 13.9 Å². The van der Waals surface area contributed by atoms with Gasteiger partial charge in [-0.2, -0.15) is 0 Å². The summed E-state index contributed by atoms with van der Waals surface area (Å²) in [6, 6.07) is 7.66. The number of likely N-dealkylation sites (N-methyl/N-ethyl adjacent to an activating group) is 1. The molecule has 1 aliphatic heterocycles. The molecule has 1 saturated heterocycles. The number of aliphatic hydroxyl groups excluding tert-OH is 1. The van der Waals surface area contributed by atoms with Gasteiger partial charge in [-0.15, -0.1) is 0 Å². The zero-order valence-corrected chi connectivity index (χ0v) is 19.2. The number of methoxy groups -OCH3 is 2. The van der Waals surface area contributed by atoms with Crippen molar-refractivity contribution in [1.82, 2.24) is 9.80 Å². The number of aryl methyl sites for hydroxylation is 1. The van der Waals surface area contributed by atoms with E-state index in [-0.39, 0.29) is 16.9 Å². The topological polar surface area (TPSA) is 92.5 Å². The summed E-state index contributed by atoms with van der Waals surface area (Å²) in [4.78, 5) is 29.8. The van der Waals surface area contributed by atoms with Crippen LogP contribution >= 0.6 is 0 Å². The molecule has 1 unspecified atom stereocenters. The monoisotopic (exact) mass is 442 g/mol. The van der Waals surface area contributed by atoms with Crippen LogP contribution in [0.4, 0.5) is 0 Å². The van der Waals surface area contributed by atoms with Gasteiger partial charge in [-0.1, -0.05) is 19.9 Å². The number of furan rings is 1. The van der Waals surface area contributed by atoms with E-state index in [1.54, 1.807) is 37.3 Å². The van der Waals surface area contributed by atoms with Gasteiger partial charge in [0.1, 0.15) is 40.4 Å². The Labute approximate surface area is 188 Å². The molecule has 32 heavy (non-hydrogen) atoms. The first-order valence-corrected chi connectivity index (χ1v) is 10.7. The van der Waals surface area contributed by atoms with Crippen LogP contribution in [0.3, 0.4) is 0 Å². The highest BCUT2D eigenvalue weighted by Crippen LogP contribution is 2.43. The highest BCUT2D eigenvalue weighted by Gasteiger charge is 2.48. The summed E-state index contributed by atoms with van der Waals surface area (Å²) >= 11 is 0. The maximum absolute atomic E-state index is 13.2. The number of nitrogens with zero attached hydrogens (tertiary/aromatic N) is 2. The van der Waals surface area contributed by atoms with E-state index in [1.165, 1.54) is 19.1 Å². The molecule has 1 aromatic carbocycles. The number of carbonyl (C=O) groups is 2. The van der Waals surface area contributed by atoms with Gasteiger partial charge >= 0.3 is 0 Å². The molecule has 0 radical (unpaired) electrons. The number of ether oxygens (including phenoxy) is 2. The van der Waals surface area contributed by atoms with Crippen LogP contribution in [0.25, 0.3) is 5.76 Å². The minimum atomic E-state index is -0.853. The molecule has 2 aromatic rings. The fourth-order valence-electron chi connectivity index (χ4n) is 4.02. The van der Waals surface area contributed by atoms with Crippen molar-refractivity contribution >= 4 is 17.4 Å². The van der Waals surface area contributed by atoms with Crippen molar-refractivity contribution in [2.24, 2.45) is 0 Å². The number of benzene rings is 1. The van der Waals surface area contributed by atoms with Crippen LogP contribution in [0.2, 0.25) is 0 Å². The van der Waals surface area contributed by atoms with Gasteiger partial charge in [-0.05, 0) is 44.3 Å². The van der Waals surface area contributed by atoms with Crippen molar-refractivity contribution in [3.05, 3.63) is 53.0 Å². The van der Waals surface area contributed by atoms with Crippen LogP contribution in [0.5, 0.6) is 11.5 Å². The van der Waals surface area contributed by atoms with Crippen molar-refractivity contribution in [2.75, 3.05) is 40.4 Å². The Hall–Kier alpha value is -3.26. The van der Waals surface area contributed by atoms with Crippen molar-refractivity contribution in [3.63, 3.8) is 0 Å². The summed E-state index contributed by atoms with van der Waals surface area (Å²) in [5, 5.41) is 11.3. The molecule has 0 saturated carbocycles. The minimum absolute atomic E-state index is 0.0494. The third-order valence-corrected chi connectivity index (χ3v) is 5.79. The second kappa shape index (κ2) is 9.91. The highest BCUT2D eigenvalue weighted by molar-refractivity contribution is 6.46. The van der Waals surface area contributed by atoms with Crippen molar-refractivity contribution in [3.8, 4) is 11.5 Å². The molecule has 0 bridgehead atoms. The molecule has 1 atom stereocenters. The number of ketones is 1. The van der Waals surface area contributed by atoms with Crippen molar-refractivity contribution < 1.29 is 28.6 Å². The Balaban J connectivity index is 2.17. The molecule has 172 valence electrons. The second-order valence-corrected chi connectivity index (χ2v) is 7.51. The lowest BCUT2D eigenvalue weighted by atomic mass is 9.98. The summed E-state index contributed by atoms with van der Waals surface area (Å²) in [6.07, 6.45) is 0. The smallest absolute Gasteiger partial charge is 0.295 e. The van der Waals surface area contributed by atoms with Crippen LogP contribution in [0, 0.1) is 6.92 Å². The van der Waals surface area contributed by atoms with E-state index in [0.717, 1.165) is 13.1 Å². The molecule has 0 spiro atoms. The molecule has 8 heteroatoms. The number of carbonyl (C=O) groups excluding carboxylic acids is 2. The summed E-state index contributed by atoms with van der Waals surface area (Å²) in [6.45, 7) is 8.42. The lowest BCUT2D eigenvalue weighted by Crippen LogP contribution is -2.37. The number of rotatable bonds is 9. The molecule has 8 nitrogen and oxygen atoms in total. The number of likely N-dealkylation sites (tertiary alicyclic amines) is 1. The zero-order chi connectivity index (χ0) is 23.4. The first kappa shape index (κ1) is 23.4. The average molecular weight is 443 g/mol. The fourth-order valence-corrected chi connectivity index (χ4v) is 4.02. The van der Waals surface area contributed by atoms with E-state index < -0.39 is 17.7 Å². The molecule has 1 fully saturated rings. The van der Waals surface area contributed by atoms with Gasteiger partial charge in [-0.3, -0.25) is 9.59 Å². The number of Topliss-reactive ketones (excluding diaryl/α,β-unsaturated/α-hetero) is 1. The summed E-state index contributed by atoms with van der Waals surface area (Å²) in [5.74, 6) is -0.0975. The van der Waals surface area contributed by atoms with Crippen LogP contribution in [0.15, 0.2) is 40.3 Å². The maximum Gasteiger partial charge on any atom is 0.295 e. The fraction of sp³-hybridized carbons (Fsp3) is 0.417. The first-order valence-electron chi connectivity index (χ1n) is 10.7. The van der Waals surface area contributed by atoms with Crippen LogP contribution in [-0.2, 0) is 9.59 Å². The van der Waals surface area contributed by atoms with E-state index >= 15 is 0 Å². The Morgan fingerprint density at radius 1 is 1.09 bits per heavy atom. The molecule has 1 aliphatic rings. The van der Waals surface area contributed by atoms with Crippen molar-refractivity contribution in [2.45, 2.75) is 26.8 Å². The van der Waals surface area contributed by atoms with Crippen LogP contribution < -0.4 is 9.47 Å². The molecule has 1 N–H and O–H groups in total. The summed E-state index contributed by atoms with van der Waals surface area (Å²) < 4.78 is 16.6. The van der Waals surface area contributed by atoms with Crippen molar-refractivity contribution in [1.29, 1.82) is 0 Å². The largest absolute Gasteiger partial charge is 0.506 e. The van der Waals surface area contributed by atoms with Crippen LogP contribution in [0.1, 0.15) is 37.0 Å². The number of aliphatic hydroxyl groups is 1. The maximum atomic E-state index is 13.2. The normalized spacial score (nSPS) is 17.9. The number of amides is 1. The first-order chi connectivity index (χ1) is 15.4. The van der Waals surface area contributed by atoms with E-state index in [1.807, 2.05) is 13.8 Å². The predicted molar refractivity (Wildman–Crippen MR) is 120 cm³/mol. The Kier molecular flexibility index (Phi) is 7.25. The standard InChI is InChI=1S/C24H30N2O6/c1-6-25(7-2)13-14-26-21(18-12-11-15(3)32-18)20(23(28)24(26)29)22(27)19-16(30-4)9-8-10-17(19)31-5/h8-12,21,27H,6-7,13-14H2,1-5H3/b22-20+. The molecular weight excluding hydrogens is 412 g/mol. The van der Waals surface area contributed by atoms with Gasteiger partial charge in [0.25, 0.3) is 11.7 Å². The predicted octanol–water partition coefficient (Wildman–Crippen LogP) is 3.37. The molecule has 1 aromatic heterocycles. The Morgan fingerprint density at radius 2 is 1.72 bits per heavy atom. The Bertz CT molecular complexity index is 999. The molecule has 1 amide bonds. The number of hydrogen-bond acceptors (Lipinski definition) is 7. The van der Waals surface area contributed by atoms with E-state index in [2.05, 4.69) is 4.90 Å².